The van der Waals surface area contributed by atoms with Crippen LogP contribution in [0.25, 0.3) is 0 Å². The van der Waals surface area contributed by atoms with Gasteiger partial charge in [-0.25, -0.2) is 0 Å². The minimum atomic E-state index is -0.877. The van der Waals surface area contributed by atoms with Gasteiger partial charge in [-0.05, 0) is 18.4 Å². The number of aliphatic carboxylic acids is 1. The Balaban J connectivity index is 1.83. The van der Waals surface area contributed by atoms with E-state index in [9.17, 15) is 9.59 Å². The fourth-order valence-electron chi connectivity index (χ4n) is 2.79. The van der Waals surface area contributed by atoms with Gasteiger partial charge >= 0.3 is 5.97 Å². The van der Waals surface area contributed by atoms with E-state index in [2.05, 4.69) is 5.32 Å². The number of carboxylic acids is 1. The quantitative estimate of drug-likeness (QED) is 0.801. The summed E-state index contributed by atoms with van der Waals surface area (Å²) in [5.41, 5.74) is 1.04. The molecule has 0 saturated heterocycles. The van der Waals surface area contributed by atoms with Gasteiger partial charge in [0.15, 0.2) is 0 Å². The number of amides is 1. The molecular formula is C16H22N2O3. The summed E-state index contributed by atoms with van der Waals surface area (Å²) in [5.74, 6) is -0.996. The molecule has 1 aromatic rings. The highest BCUT2D eigenvalue weighted by atomic mass is 16.4. The SMILES string of the molecule is O=C(O)CN(CC(=O)NCc1ccccc1)C1CCCC1. The number of nitrogens with zero attached hydrogens (tertiary/aromatic N) is 1. The summed E-state index contributed by atoms with van der Waals surface area (Å²) in [7, 11) is 0. The zero-order valence-electron chi connectivity index (χ0n) is 12.1. The van der Waals surface area contributed by atoms with Crippen LogP contribution in [-0.2, 0) is 16.1 Å². The smallest absolute Gasteiger partial charge is 0.317 e. The summed E-state index contributed by atoms with van der Waals surface area (Å²) >= 11 is 0. The molecule has 114 valence electrons. The third-order valence-corrected chi connectivity index (χ3v) is 3.86. The normalized spacial score (nSPS) is 15.3. The van der Waals surface area contributed by atoms with Crippen molar-refractivity contribution >= 4 is 11.9 Å². The van der Waals surface area contributed by atoms with Crippen molar-refractivity contribution in [3.8, 4) is 0 Å². The molecule has 21 heavy (non-hydrogen) atoms. The molecule has 1 aliphatic carbocycles. The second-order valence-corrected chi connectivity index (χ2v) is 5.50. The first-order chi connectivity index (χ1) is 10.1. The van der Waals surface area contributed by atoms with Gasteiger partial charge in [0.1, 0.15) is 0 Å². The molecule has 0 spiro atoms. The number of carbonyl (C=O) groups excluding carboxylic acids is 1. The van der Waals surface area contributed by atoms with Gasteiger partial charge in [-0.1, -0.05) is 43.2 Å². The highest BCUT2D eigenvalue weighted by Crippen LogP contribution is 2.23. The summed E-state index contributed by atoms with van der Waals surface area (Å²) in [6.45, 7) is 0.568. The van der Waals surface area contributed by atoms with E-state index in [1.807, 2.05) is 30.3 Å². The second kappa shape index (κ2) is 7.78. The van der Waals surface area contributed by atoms with E-state index >= 15 is 0 Å². The molecule has 2 N–H and O–H groups in total. The Morgan fingerprint density at radius 1 is 1.14 bits per heavy atom. The van der Waals surface area contributed by atoms with Crippen LogP contribution in [0.4, 0.5) is 0 Å². The van der Waals surface area contributed by atoms with Crippen LogP contribution >= 0.6 is 0 Å². The number of benzene rings is 1. The first kappa shape index (κ1) is 15.5. The molecule has 2 rings (SSSR count). The standard InChI is InChI=1S/C16H22N2O3/c19-15(17-10-13-6-2-1-3-7-13)11-18(12-16(20)21)14-8-4-5-9-14/h1-3,6-7,14H,4-5,8-12H2,(H,17,19)(H,20,21). The lowest BCUT2D eigenvalue weighted by atomic mass is 10.2. The van der Waals surface area contributed by atoms with Gasteiger partial charge in [-0.3, -0.25) is 14.5 Å². The van der Waals surface area contributed by atoms with Gasteiger partial charge < -0.3 is 10.4 Å². The van der Waals surface area contributed by atoms with E-state index in [1.165, 1.54) is 0 Å². The lowest BCUT2D eigenvalue weighted by Crippen LogP contribution is -2.44. The zero-order chi connectivity index (χ0) is 15.1. The van der Waals surface area contributed by atoms with Crippen LogP contribution < -0.4 is 5.32 Å². The number of carbonyl (C=O) groups is 2. The van der Waals surface area contributed by atoms with Gasteiger partial charge in [0.2, 0.25) is 5.91 Å². The number of rotatable bonds is 7. The van der Waals surface area contributed by atoms with E-state index in [-0.39, 0.29) is 25.0 Å². The first-order valence-electron chi connectivity index (χ1n) is 7.41. The van der Waals surface area contributed by atoms with Crippen LogP contribution in [0.2, 0.25) is 0 Å². The molecule has 0 aromatic heterocycles. The maximum Gasteiger partial charge on any atom is 0.317 e. The molecule has 1 aliphatic rings. The maximum absolute atomic E-state index is 12.0. The first-order valence-corrected chi connectivity index (χ1v) is 7.41. The molecule has 0 atom stereocenters. The average molecular weight is 290 g/mol. The minimum Gasteiger partial charge on any atom is -0.480 e. The van der Waals surface area contributed by atoms with Crippen molar-refractivity contribution in [2.75, 3.05) is 13.1 Å². The summed E-state index contributed by atoms with van der Waals surface area (Å²) in [6.07, 6.45) is 4.21. The highest BCUT2D eigenvalue weighted by Gasteiger charge is 2.25. The van der Waals surface area contributed by atoms with E-state index < -0.39 is 5.97 Å². The fraction of sp³-hybridized carbons (Fsp3) is 0.500. The maximum atomic E-state index is 12.0. The van der Waals surface area contributed by atoms with E-state index in [0.717, 1.165) is 31.2 Å². The van der Waals surface area contributed by atoms with E-state index in [4.69, 9.17) is 5.11 Å². The van der Waals surface area contributed by atoms with Gasteiger partial charge in [0, 0.05) is 12.6 Å². The molecule has 0 bridgehead atoms. The Morgan fingerprint density at radius 2 is 1.81 bits per heavy atom. The predicted molar refractivity (Wildman–Crippen MR) is 79.8 cm³/mol. The number of nitrogens with one attached hydrogen (secondary N) is 1. The fourth-order valence-corrected chi connectivity index (χ4v) is 2.79. The van der Waals surface area contributed by atoms with Gasteiger partial charge in [-0.15, -0.1) is 0 Å². The minimum absolute atomic E-state index is 0.0660. The van der Waals surface area contributed by atoms with Crippen LogP contribution in [0, 0.1) is 0 Å². The van der Waals surface area contributed by atoms with E-state index in [0.29, 0.717) is 6.54 Å². The van der Waals surface area contributed by atoms with Crippen molar-refractivity contribution in [2.45, 2.75) is 38.3 Å². The van der Waals surface area contributed by atoms with Crippen molar-refractivity contribution in [3.63, 3.8) is 0 Å². The largest absolute Gasteiger partial charge is 0.480 e. The van der Waals surface area contributed by atoms with Gasteiger partial charge in [-0.2, -0.15) is 0 Å². The third kappa shape index (κ3) is 5.19. The average Bonchev–Trinajstić information content (AvgIpc) is 2.99. The highest BCUT2D eigenvalue weighted by molar-refractivity contribution is 5.79. The van der Waals surface area contributed by atoms with Crippen molar-refractivity contribution in [2.24, 2.45) is 0 Å². The van der Waals surface area contributed by atoms with Crippen LogP contribution in [0.3, 0.4) is 0 Å². The number of hydrogen-bond acceptors (Lipinski definition) is 3. The zero-order valence-corrected chi connectivity index (χ0v) is 12.1. The molecule has 1 fully saturated rings. The van der Waals surface area contributed by atoms with Crippen molar-refractivity contribution < 1.29 is 14.7 Å². The van der Waals surface area contributed by atoms with Crippen LogP contribution in [0.1, 0.15) is 31.2 Å². The Bertz CT molecular complexity index is 470. The molecule has 0 unspecified atom stereocenters. The summed E-state index contributed by atoms with van der Waals surface area (Å²) in [4.78, 5) is 24.8. The topological polar surface area (TPSA) is 69.6 Å². The Hall–Kier alpha value is -1.88. The van der Waals surface area contributed by atoms with Crippen LogP contribution in [0.5, 0.6) is 0 Å². The van der Waals surface area contributed by atoms with Crippen LogP contribution in [-0.4, -0.2) is 41.0 Å². The van der Waals surface area contributed by atoms with Crippen LogP contribution in [0.15, 0.2) is 30.3 Å². The van der Waals surface area contributed by atoms with Gasteiger partial charge in [0.25, 0.3) is 0 Å². The molecule has 0 aliphatic heterocycles. The Kier molecular flexibility index (Phi) is 5.75. The molecule has 1 saturated carbocycles. The Labute approximate surface area is 125 Å². The number of hydrogen-bond donors (Lipinski definition) is 2. The van der Waals surface area contributed by atoms with E-state index in [1.54, 1.807) is 4.90 Å². The molecule has 5 nitrogen and oxygen atoms in total. The monoisotopic (exact) mass is 290 g/mol. The summed E-state index contributed by atoms with van der Waals surface area (Å²) in [5, 5.41) is 11.8. The molecule has 1 amide bonds. The Morgan fingerprint density at radius 3 is 2.43 bits per heavy atom. The molecule has 5 heteroatoms. The lowest BCUT2D eigenvalue weighted by molar-refractivity contribution is -0.139. The summed E-state index contributed by atoms with van der Waals surface area (Å²) in [6, 6.07) is 9.91. The van der Waals surface area contributed by atoms with Crippen molar-refractivity contribution in [1.82, 2.24) is 10.2 Å². The number of carboxylic acid groups (broad SMARTS) is 1. The van der Waals surface area contributed by atoms with Crippen molar-refractivity contribution in [1.29, 1.82) is 0 Å². The predicted octanol–water partition coefficient (Wildman–Crippen LogP) is 1.63. The molecule has 1 aromatic carbocycles. The van der Waals surface area contributed by atoms with Crippen molar-refractivity contribution in [3.05, 3.63) is 35.9 Å². The lowest BCUT2D eigenvalue weighted by Gasteiger charge is -2.26. The van der Waals surface area contributed by atoms with Gasteiger partial charge in [0.05, 0.1) is 13.1 Å². The molecule has 0 radical (unpaired) electrons. The third-order valence-electron chi connectivity index (χ3n) is 3.86. The molecule has 0 heterocycles. The molecular weight excluding hydrogens is 268 g/mol. The summed E-state index contributed by atoms with van der Waals surface area (Å²) < 4.78 is 0. The second-order valence-electron chi connectivity index (χ2n) is 5.50.